The van der Waals surface area contributed by atoms with E-state index in [1.807, 2.05) is 24.3 Å². The molecule has 1 aliphatic heterocycles. The summed E-state index contributed by atoms with van der Waals surface area (Å²) in [4.78, 5) is 19.3. The number of ether oxygens (including phenoxy) is 1. The number of guanidine groups is 1. The van der Waals surface area contributed by atoms with E-state index in [9.17, 15) is 4.79 Å². The summed E-state index contributed by atoms with van der Waals surface area (Å²) >= 11 is 0. The summed E-state index contributed by atoms with van der Waals surface area (Å²) < 4.78 is 5.35. The predicted molar refractivity (Wildman–Crippen MR) is 129 cm³/mol. The Labute approximate surface area is 188 Å². The van der Waals surface area contributed by atoms with Gasteiger partial charge in [-0.25, -0.2) is 4.99 Å². The lowest BCUT2D eigenvalue weighted by Crippen LogP contribution is -2.42. The van der Waals surface area contributed by atoms with Crippen LogP contribution in [-0.4, -0.2) is 62.2 Å². The number of aliphatic imine (C=N–C) groups is 1. The molecule has 7 nitrogen and oxygen atoms in total. The van der Waals surface area contributed by atoms with E-state index in [0.717, 1.165) is 63.0 Å². The third kappa shape index (κ3) is 10.6. The zero-order valence-electron chi connectivity index (χ0n) is 19.6. The van der Waals surface area contributed by atoms with Gasteiger partial charge in [0.05, 0.1) is 19.8 Å². The molecule has 0 saturated carbocycles. The summed E-state index contributed by atoms with van der Waals surface area (Å²) in [5.74, 6) is 0.884. The van der Waals surface area contributed by atoms with Crippen LogP contribution in [-0.2, 0) is 16.1 Å². The molecule has 1 heterocycles. The van der Waals surface area contributed by atoms with E-state index in [1.165, 1.54) is 19.3 Å². The Balaban J connectivity index is 1.83. The fourth-order valence-electron chi connectivity index (χ4n) is 3.55. The molecule has 1 aromatic rings. The highest BCUT2D eigenvalue weighted by Crippen LogP contribution is 2.12. The molecule has 174 valence electrons. The van der Waals surface area contributed by atoms with Crippen LogP contribution in [0.15, 0.2) is 29.3 Å². The normalized spacial score (nSPS) is 16.0. The molecule has 0 bridgehead atoms. The molecule has 1 atom stereocenters. The molecule has 31 heavy (non-hydrogen) atoms. The first-order chi connectivity index (χ1) is 15.1. The van der Waals surface area contributed by atoms with Gasteiger partial charge in [0.2, 0.25) is 5.91 Å². The minimum Gasteiger partial charge on any atom is -0.379 e. The summed E-state index contributed by atoms with van der Waals surface area (Å²) in [7, 11) is 0. The lowest BCUT2D eigenvalue weighted by Gasteiger charge is -2.26. The molecule has 1 fully saturated rings. The number of nitrogens with one attached hydrogen (secondary N) is 3. The number of carbonyl (C=O) groups is 1. The summed E-state index contributed by atoms with van der Waals surface area (Å²) in [6.45, 7) is 12.0. The van der Waals surface area contributed by atoms with Crippen molar-refractivity contribution in [2.45, 2.75) is 65.5 Å². The lowest BCUT2D eigenvalue weighted by atomic mass is 10.1. The zero-order valence-corrected chi connectivity index (χ0v) is 19.6. The van der Waals surface area contributed by atoms with E-state index in [2.05, 4.69) is 41.6 Å². The minimum absolute atomic E-state index is 0.0445. The van der Waals surface area contributed by atoms with E-state index < -0.39 is 0 Å². The Kier molecular flexibility index (Phi) is 12.0. The van der Waals surface area contributed by atoms with Crippen LogP contribution in [0.1, 0.15) is 58.4 Å². The van der Waals surface area contributed by atoms with Gasteiger partial charge in [0.15, 0.2) is 5.96 Å². The van der Waals surface area contributed by atoms with Crippen LogP contribution in [0.3, 0.4) is 0 Å². The van der Waals surface area contributed by atoms with Gasteiger partial charge in [0.1, 0.15) is 0 Å². The van der Waals surface area contributed by atoms with Gasteiger partial charge < -0.3 is 20.7 Å². The lowest BCUT2D eigenvalue weighted by molar-refractivity contribution is -0.116. The van der Waals surface area contributed by atoms with Crippen molar-refractivity contribution in [2.75, 3.05) is 44.7 Å². The van der Waals surface area contributed by atoms with Crippen LogP contribution in [0.4, 0.5) is 5.69 Å². The number of benzene rings is 1. The van der Waals surface area contributed by atoms with Crippen molar-refractivity contribution in [3.63, 3.8) is 0 Å². The Morgan fingerprint density at radius 2 is 2.03 bits per heavy atom. The van der Waals surface area contributed by atoms with Gasteiger partial charge in [-0.15, -0.1) is 0 Å². The second kappa shape index (κ2) is 14.8. The molecule has 3 N–H and O–H groups in total. The number of amides is 1. The third-order valence-corrected chi connectivity index (χ3v) is 5.36. The molecule has 1 unspecified atom stereocenters. The number of morpholine rings is 1. The average molecular weight is 432 g/mol. The Bertz CT molecular complexity index is 674. The molecule has 0 radical (unpaired) electrons. The van der Waals surface area contributed by atoms with E-state index in [-0.39, 0.29) is 5.91 Å². The molecule has 1 amide bonds. The van der Waals surface area contributed by atoms with E-state index >= 15 is 0 Å². The molecule has 0 aromatic heterocycles. The molecule has 0 aliphatic carbocycles. The largest absolute Gasteiger partial charge is 0.379 e. The first-order valence-electron chi connectivity index (χ1n) is 11.8. The average Bonchev–Trinajstić information content (AvgIpc) is 2.77. The van der Waals surface area contributed by atoms with Crippen LogP contribution in [0.2, 0.25) is 0 Å². The minimum atomic E-state index is 0.0445. The maximum atomic E-state index is 12.3. The molecule has 0 spiro atoms. The van der Waals surface area contributed by atoms with E-state index in [1.54, 1.807) is 0 Å². The predicted octanol–water partition coefficient (Wildman–Crippen LogP) is 3.37. The van der Waals surface area contributed by atoms with Gasteiger partial charge in [0.25, 0.3) is 0 Å². The number of unbranched alkanes of at least 4 members (excludes halogenated alkanes) is 2. The second-order valence-corrected chi connectivity index (χ2v) is 8.19. The SMILES string of the molecule is CCCCCC(C)NC(=NCc1cccc(NC(=O)CCN2CCOCC2)c1)NCC. The Morgan fingerprint density at radius 1 is 1.23 bits per heavy atom. The summed E-state index contributed by atoms with van der Waals surface area (Å²) in [5.41, 5.74) is 1.90. The van der Waals surface area contributed by atoms with Crippen LogP contribution in [0.25, 0.3) is 0 Å². The standard InChI is InChI=1S/C24H41N5O2/c1-4-6-7-9-20(3)27-24(25-5-2)26-19-21-10-8-11-22(18-21)28-23(30)12-13-29-14-16-31-17-15-29/h8,10-11,18,20H,4-7,9,12-17,19H2,1-3H3,(H,28,30)(H2,25,26,27). The van der Waals surface area contributed by atoms with Crippen molar-refractivity contribution in [3.8, 4) is 0 Å². The summed E-state index contributed by atoms with van der Waals surface area (Å²) in [6.07, 6.45) is 5.37. The molecule has 1 saturated heterocycles. The molecule has 1 aromatic carbocycles. The van der Waals surface area contributed by atoms with E-state index in [0.29, 0.717) is 19.0 Å². The van der Waals surface area contributed by atoms with Crippen molar-refractivity contribution in [3.05, 3.63) is 29.8 Å². The highest BCUT2D eigenvalue weighted by molar-refractivity contribution is 5.90. The van der Waals surface area contributed by atoms with Crippen LogP contribution >= 0.6 is 0 Å². The first-order valence-corrected chi connectivity index (χ1v) is 11.8. The number of carbonyl (C=O) groups excluding carboxylic acids is 1. The van der Waals surface area contributed by atoms with Crippen LogP contribution in [0, 0.1) is 0 Å². The fraction of sp³-hybridized carbons (Fsp3) is 0.667. The monoisotopic (exact) mass is 431 g/mol. The van der Waals surface area contributed by atoms with Gasteiger partial charge in [-0.1, -0.05) is 38.3 Å². The van der Waals surface area contributed by atoms with E-state index in [4.69, 9.17) is 9.73 Å². The molecular formula is C24H41N5O2. The topological polar surface area (TPSA) is 78.0 Å². The summed E-state index contributed by atoms with van der Waals surface area (Å²) in [6, 6.07) is 8.34. The Morgan fingerprint density at radius 3 is 2.77 bits per heavy atom. The van der Waals surface area contributed by atoms with Crippen LogP contribution < -0.4 is 16.0 Å². The van der Waals surface area contributed by atoms with Crippen molar-refractivity contribution in [1.29, 1.82) is 0 Å². The number of hydrogen-bond donors (Lipinski definition) is 3. The highest BCUT2D eigenvalue weighted by Gasteiger charge is 2.12. The van der Waals surface area contributed by atoms with Gasteiger partial charge in [-0.2, -0.15) is 0 Å². The first kappa shape index (κ1) is 25.1. The smallest absolute Gasteiger partial charge is 0.225 e. The zero-order chi connectivity index (χ0) is 22.3. The van der Waals surface area contributed by atoms with Crippen molar-refractivity contribution < 1.29 is 9.53 Å². The third-order valence-electron chi connectivity index (χ3n) is 5.36. The van der Waals surface area contributed by atoms with Crippen molar-refractivity contribution >= 4 is 17.6 Å². The molecule has 2 rings (SSSR count). The number of rotatable bonds is 12. The van der Waals surface area contributed by atoms with Crippen LogP contribution in [0.5, 0.6) is 0 Å². The molecule has 1 aliphatic rings. The van der Waals surface area contributed by atoms with Crippen molar-refractivity contribution in [1.82, 2.24) is 15.5 Å². The number of hydrogen-bond acceptors (Lipinski definition) is 4. The molecule has 7 heteroatoms. The van der Waals surface area contributed by atoms with Gasteiger partial charge in [0, 0.05) is 44.3 Å². The Hall–Kier alpha value is -2.12. The second-order valence-electron chi connectivity index (χ2n) is 8.19. The maximum absolute atomic E-state index is 12.3. The maximum Gasteiger partial charge on any atom is 0.225 e. The van der Waals surface area contributed by atoms with Gasteiger partial charge in [-0.05, 0) is 38.0 Å². The summed E-state index contributed by atoms with van der Waals surface area (Å²) in [5, 5.41) is 9.84. The van der Waals surface area contributed by atoms with Crippen molar-refractivity contribution in [2.24, 2.45) is 4.99 Å². The number of nitrogens with zero attached hydrogens (tertiary/aromatic N) is 2. The highest BCUT2D eigenvalue weighted by atomic mass is 16.5. The van der Waals surface area contributed by atoms with Gasteiger partial charge >= 0.3 is 0 Å². The fourth-order valence-corrected chi connectivity index (χ4v) is 3.55. The van der Waals surface area contributed by atoms with Gasteiger partial charge in [-0.3, -0.25) is 9.69 Å². The number of anilines is 1. The molecular weight excluding hydrogens is 390 g/mol. The quantitative estimate of drug-likeness (QED) is 0.269.